The lowest BCUT2D eigenvalue weighted by atomic mass is 10.1. The van der Waals surface area contributed by atoms with Crippen LogP contribution in [0.3, 0.4) is 0 Å². The van der Waals surface area contributed by atoms with Gasteiger partial charge in [0.2, 0.25) is 5.06 Å². The second-order valence-electron chi connectivity index (χ2n) is 3.75. The first-order valence-electron chi connectivity index (χ1n) is 4.89. The second-order valence-corrected chi connectivity index (χ2v) is 5.04. The zero-order valence-corrected chi connectivity index (χ0v) is 10.8. The molecule has 0 aromatic carbocycles. The Morgan fingerprint density at radius 2 is 2.33 bits per heavy atom. The third-order valence-electron chi connectivity index (χ3n) is 2.31. The monoisotopic (exact) mass is 292 g/mol. The molecule has 7 nitrogen and oxygen atoms in total. The molecule has 0 saturated carbocycles. The van der Waals surface area contributed by atoms with Gasteiger partial charge in [-0.2, -0.15) is 5.48 Å². The topological polar surface area (TPSA) is 99.4 Å². The summed E-state index contributed by atoms with van der Waals surface area (Å²) in [6.45, 7) is 0. The van der Waals surface area contributed by atoms with Gasteiger partial charge >= 0.3 is 5.97 Å². The van der Waals surface area contributed by atoms with Crippen molar-refractivity contribution >= 4 is 29.2 Å². The highest BCUT2D eigenvalue weighted by atomic mass is 35.5. The average molecular weight is 293 g/mol. The molecule has 2 rings (SSSR count). The van der Waals surface area contributed by atoms with E-state index in [0.717, 1.165) is 0 Å². The minimum Gasteiger partial charge on any atom is -0.464 e. The summed E-state index contributed by atoms with van der Waals surface area (Å²) in [4.78, 5) is 24.2. The molecule has 0 spiro atoms. The predicted octanol–water partition coefficient (Wildman–Crippen LogP) is 0.431. The van der Waals surface area contributed by atoms with Crippen molar-refractivity contribution in [2.45, 2.75) is 16.6 Å². The second kappa shape index (κ2) is 4.60. The molecule has 18 heavy (non-hydrogen) atoms. The largest absolute Gasteiger partial charge is 0.464 e. The normalized spacial score (nSPS) is 31.3. The van der Waals surface area contributed by atoms with Crippen LogP contribution >= 0.6 is 23.2 Å². The Labute approximate surface area is 113 Å². The molecule has 3 N–H and O–H groups in total. The van der Waals surface area contributed by atoms with Gasteiger partial charge in [-0.15, -0.1) is 0 Å². The Morgan fingerprint density at radius 1 is 1.61 bits per heavy atom. The molecule has 2 heterocycles. The maximum atomic E-state index is 11.3. The standard InChI is InChI=1S/C9H10Cl2N4O3/c1-17-7(16)5-2-6(14-4-13-5)8(10)3-9(11,12)15-18-8/h2,4,15H,3,12H2,1H3. The molecule has 9 heteroatoms. The molecule has 1 aromatic heterocycles. The number of carbonyl (C=O) groups is 1. The van der Waals surface area contributed by atoms with Crippen LogP contribution in [0.25, 0.3) is 0 Å². The minimum atomic E-state index is -1.36. The number of esters is 1. The van der Waals surface area contributed by atoms with E-state index in [1.54, 1.807) is 0 Å². The number of hydroxylamine groups is 1. The van der Waals surface area contributed by atoms with E-state index in [9.17, 15) is 4.79 Å². The molecule has 2 atom stereocenters. The van der Waals surface area contributed by atoms with Crippen molar-refractivity contribution in [3.05, 3.63) is 23.8 Å². The van der Waals surface area contributed by atoms with Crippen molar-refractivity contribution in [3.8, 4) is 0 Å². The van der Waals surface area contributed by atoms with Gasteiger partial charge in [-0.05, 0) is 6.07 Å². The molecule has 1 fully saturated rings. The number of ether oxygens (including phenoxy) is 1. The Bertz CT molecular complexity index is 485. The van der Waals surface area contributed by atoms with Crippen LogP contribution in [0.2, 0.25) is 0 Å². The van der Waals surface area contributed by atoms with Gasteiger partial charge in [0.25, 0.3) is 0 Å². The Kier molecular flexibility index (Phi) is 3.43. The fourth-order valence-electron chi connectivity index (χ4n) is 1.49. The highest BCUT2D eigenvalue weighted by molar-refractivity contribution is 6.26. The highest BCUT2D eigenvalue weighted by Gasteiger charge is 2.48. The van der Waals surface area contributed by atoms with Gasteiger partial charge in [-0.25, -0.2) is 14.8 Å². The molecule has 1 aliphatic heterocycles. The van der Waals surface area contributed by atoms with Crippen LogP contribution in [0, 0.1) is 0 Å². The number of alkyl halides is 2. The lowest BCUT2D eigenvalue weighted by Gasteiger charge is -2.18. The predicted molar refractivity (Wildman–Crippen MR) is 62.5 cm³/mol. The number of carbonyl (C=O) groups excluding carboxylic acids is 1. The number of nitrogens with one attached hydrogen (secondary N) is 1. The van der Waals surface area contributed by atoms with Crippen molar-refractivity contribution in [1.29, 1.82) is 0 Å². The summed E-state index contributed by atoms with van der Waals surface area (Å²) >= 11 is 12.1. The first-order chi connectivity index (χ1) is 8.36. The third-order valence-corrected chi connectivity index (χ3v) is 2.93. The van der Waals surface area contributed by atoms with Crippen LogP contribution in [0.1, 0.15) is 22.6 Å². The zero-order valence-electron chi connectivity index (χ0n) is 9.31. The van der Waals surface area contributed by atoms with E-state index in [1.807, 2.05) is 0 Å². The van der Waals surface area contributed by atoms with Gasteiger partial charge in [-0.1, -0.05) is 23.2 Å². The molecule has 0 amide bonds. The van der Waals surface area contributed by atoms with Gasteiger partial charge < -0.3 is 4.74 Å². The molecule has 2 unspecified atom stereocenters. The summed E-state index contributed by atoms with van der Waals surface area (Å²) in [5.41, 5.74) is 8.34. The Morgan fingerprint density at radius 3 is 2.89 bits per heavy atom. The number of nitrogens with zero attached hydrogens (tertiary/aromatic N) is 2. The third kappa shape index (κ3) is 2.55. The van der Waals surface area contributed by atoms with Crippen molar-refractivity contribution < 1.29 is 14.4 Å². The van der Waals surface area contributed by atoms with Crippen molar-refractivity contribution in [3.63, 3.8) is 0 Å². The SMILES string of the molecule is COC(=O)c1cc(C2(Cl)CC(N)(Cl)NO2)ncn1. The fraction of sp³-hybridized carbons (Fsp3) is 0.444. The lowest BCUT2D eigenvalue weighted by molar-refractivity contribution is -0.00912. The van der Waals surface area contributed by atoms with E-state index < -0.39 is 16.2 Å². The van der Waals surface area contributed by atoms with Gasteiger partial charge in [0.1, 0.15) is 6.33 Å². The quantitative estimate of drug-likeness (QED) is 0.463. The highest BCUT2D eigenvalue weighted by Crippen LogP contribution is 2.41. The summed E-state index contributed by atoms with van der Waals surface area (Å²) in [6, 6.07) is 1.36. The molecular weight excluding hydrogens is 283 g/mol. The van der Waals surface area contributed by atoms with Gasteiger partial charge in [0.05, 0.1) is 12.8 Å². The van der Waals surface area contributed by atoms with Crippen LogP contribution in [0.5, 0.6) is 0 Å². The van der Waals surface area contributed by atoms with E-state index >= 15 is 0 Å². The molecule has 1 aromatic rings. The van der Waals surface area contributed by atoms with Crippen LogP contribution in [0.15, 0.2) is 12.4 Å². The molecular formula is C9H10Cl2N4O3. The maximum absolute atomic E-state index is 11.3. The smallest absolute Gasteiger partial charge is 0.356 e. The summed E-state index contributed by atoms with van der Waals surface area (Å²) < 4.78 is 4.55. The lowest BCUT2D eigenvalue weighted by Crippen LogP contribution is -2.42. The summed E-state index contributed by atoms with van der Waals surface area (Å²) in [5, 5.41) is -2.65. The number of nitrogens with two attached hydrogens (primary N) is 1. The van der Waals surface area contributed by atoms with Crippen molar-refractivity contribution in [2.75, 3.05) is 7.11 Å². The first kappa shape index (κ1) is 13.4. The van der Waals surface area contributed by atoms with Crippen LogP contribution in [-0.2, 0) is 14.6 Å². The molecule has 0 aliphatic carbocycles. The number of hydrogen-bond acceptors (Lipinski definition) is 7. The molecule has 98 valence electrons. The minimum absolute atomic E-state index is 0.0563. The summed E-state index contributed by atoms with van der Waals surface area (Å²) in [6.07, 6.45) is 1.24. The average Bonchev–Trinajstić information content (AvgIpc) is 2.64. The molecule has 1 saturated heterocycles. The number of methoxy groups -OCH3 is 1. The number of hydrogen-bond donors (Lipinski definition) is 2. The number of rotatable bonds is 2. The van der Waals surface area contributed by atoms with Crippen LogP contribution < -0.4 is 11.2 Å². The van der Waals surface area contributed by atoms with Crippen molar-refractivity contribution in [2.24, 2.45) is 5.73 Å². The summed E-state index contributed by atoms with van der Waals surface area (Å²) in [7, 11) is 1.25. The van der Waals surface area contributed by atoms with Gasteiger partial charge in [-0.3, -0.25) is 10.6 Å². The molecule has 0 bridgehead atoms. The van der Waals surface area contributed by atoms with E-state index in [2.05, 4.69) is 20.2 Å². The van der Waals surface area contributed by atoms with Crippen molar-refractivity contribution in [1.82, 2.24) is 15.4 Å². The maximum Gasteiger partial charge on any atom is 0.356 e. The fourth-order valence-corrected chi connectivity index (χ4v) is 2.14. The van der Waals surface area contributed by atoms with E-state index in [-0.39, 0.29) is 17.8 Å². The van der Waals surface area contributed by atoms with Crippen LogP contribution in [-0.4, -0.2) is 28.2 Å². The number of aromatic nitrogens is 2. The molecule has 0 radical (unpaired) electrons. The van der Waals surface area contributed by atoms with E-state index in [0.29, 0.717) is 0 Å². The van der Waals surface area contributed by atoms with Gasteiger partial charge in [0.15, 0.2) is 10.8 Å². The Balaban J connectivity index is 2.32. The van der Waals surface area contributed by atoms with Crippen LogP contribution in [0.4, 0.5) is 0 Å². The molecule has 1 aliphatic rings. The van der Waals surface area contributed by atoms with E-state index in [4.69, 9.17) is 33.8 Å². The van der Waals surface area contributed by atoms with E-state index in [1.165, 1.54) is 19.5 Å². The van der Waals surface area contributed by atoms with Gasteiger partial charge in [0, 0.05) is 6.42 Å². The first-order valence-corrected chi connectivity index (χ1v) is 5.65. The Hall–Kier alpha value is -0.990. The summed E-state index contributed by atoms with van der Waals surface area (Å²) in [5.74, 6) is -0.602. The zero-order chi connectivity index (χ0) is 13.4. The number of halogens is 2.